The Bertz CT molecular complexity index is 2420. The van der Waals surface area contributed by atoms with Crippen LogP contribution in [0.5, 0.6) is 0 Å². The quantitative estimate of drug-likeness (QED) is 0.174. The van der Waals surface area contributed by atoms with E-state index in [4.69, 9.17) is 23.2 Å². The van der Waals surface area contributed by atoms with Crippen molar-refractivity contribution in [3.63, 3.8) is 0 Å². The van der Waals surface area contributed by atoms with Gasteiger partial charge < -0.3 is 5.11 Å². The van der Waals surface area contributed by atoms with Crippen molar-refractivity contribution in [3.8, 4) is 20.9 Å². The van der Waals surface area contributed by atoms with E-state index in [2.05, 4.69) is 19.4 Å². The highest BCUT2D eigenvalue weighted by molar-refractivity contribution is 7.92. The summed E-state index contributed by atoms with van der Waals surface area (Å²) in [7, 11) is -7.18. The fourth-order valence-electron chi connectivity index (χ4n) is 5.42. The summed E-state index contributed by atoms with van der Waals surface area (Å²) in [5.74, 6) is 0. The largest absolute Gasteiger partial charge is 0.379 e. The average molecular weight is 768 g/mol. The summed E-state index contributed by atoms with van der Waals surface area (Å²) in [6.45, 7) is -0.128. The number of β-amino-alcohol motifs (C(OH)–C–C–N with tert-alkyl or cyclic N) is 1. The monoisotopic (exact) mass is 766 g/mol. The first kappa shape index (κ1) is 33.6. The molecular weight excluding hydrogens is 744 g/mol. The first-order chi connectivity index (χ1) is 23.4. The second-order valence-electron chi connectivity index (χ2n) is 11.0. The Morgan fingerprint density at radius 1 is 0.673 bits per heavy atom. The van der Waals surface area contributed by atoms with Gasteiger partial charge in [0.15, 0.2) is 0 Å². The predicted octanol–water partition coefficient (Wildman–Crippen LogP) is 7.14. The zero-order valence-corrected chi connectivity index (χ0v) is 29.8. The molecule has 0 spiro atoms. The maximum absolute atomic E-state index is 12.4. The van der Waals surface area contributed by atoms with E-state index in [1.165, 1.54) is 17.5 Å². The highest BCUT2D eigenvalue weighted by atomic mass is 35.5. The van der Waals surface area contributed by atoms with Crippen molar-refractivity contribution in [2.45, 2.75) is 14.0 Å². The number of aromatic nitrogens is 2. The molecule has 4 aromatic heterocycles. The van der Waals surface area contributed by atoms with Crippen LogP contribution in [0.1, 0.15) is 22.3 Å². The highest BCUT2D eigenvalue weighted by Gasteiger charge is 2.44. The number of halogens is 2. The molecule has 15 heteroatoms. The number of sulfonamides is 2. The first-order valence-electron chi connectivity index (χ1n) is 14.5. The number of nitrogens with zero attached hydrogens (tertiary/aromatic N) is 2. The van der Waals surface area contributed by atoms with Crippen LogP contribution >= 0.6 is 45.9 Å². The number of thiophene rings is 2. The van der Waals surface area contributed by atoms with Gasteiger partial charge >= 0.3 is 0 Å². The van der Waals surface area contributed by atoms with Crippen molar-refractivity contribution in [2.24, 2.45) is 0 Å². The Morgan fingerprint density at radius 3 is 1.80 bits per heavy atom. The number of hydrogen-bond acceptors (Lipinski definition) is 9. The maximum atomic E-state index is 12.4. The molecule has 0 bridgehead atoms. The zero-order chi connectivity index (χ0) is 34.4. The fraction of sp³-hybridized carbons (Fsp3) is 0.0588. The van der Waals surface area contributed by atoms with Crippen LogP contribution in [0.25, 0.3) is 26.5 Å². The van der Waals surface area contributed by atoms with Crippen LogP contribution in [0.2, 0.25) is 10.0 Å². The molecule has 0 amide bonds. The third-order valence-electron chi connectivity index (χ3n) is 7.90. The SMILES string of the molecule is O=S1(=O)NC=C(c2ccc(Cl)cc2)c2cc(-c3ccncc3)sc21.O=S1(=O)NCC(O)(c2ccc(Cl)cc2)c2cc(-c3ccncc3)sc21. The Kier molecular flexibility index (Phi) is 8.96. The predicted molar refractivity (Wildman–Crippen MR) is 194 cm³/mol. The second kappa shape index (κ2) is 13.1. The summed E-state index contributed by atoms with van der Waals surface area (Å²) < 4.78 is 55.1. The summed E-state index contributed by atoms with van der Waals surface area (Å²) in [6.07, 6.45) is 8.20. The van der Waals surface area contributed by atoms with Gasteiger partial charge in [-0.2, -0.15) is 0 Å². The molecule has 2 aromatic carbocycles. The summed E-state index contributed by atoms with van der Waals surface area (Å²) >= 11 is 14.3. The van der Waals surface area contributed by atoms with Gasteiger partial charge in [0.05, 0.1) is 0 Å². The van der Waals surface area contributed by atoms with Crippen molar-refractivity contribution in [2.75, 3.05) is 6.54 Å². The first-order valence-corrected chi connectivity index (χ1v) is 19.9. The Morgan fingerprint density at radius 2 is 1.20 bits per heavy atom. The minimum absolute atomic E-state index is 0.128. The number of rotatable bonds is 4. The topological polar surface area (TPSA) is 138 Å². The number of pyridine rings is 2. The van der Waals surface area contributed by atoms with E-state index in [0.29, 0.717) is 30.9 Å². The summed E-state index contributed by atoms with van der Waals surface area (Å²) in [6, 6.07) is 25.1. The van der Waals surface area contributed by atoms with Crippen LogP contribution in [-0.2, 0) is 25.6 Å². The van der Waals surface area contributed by atoms with Gasteiger partial charge in [-0.1, -0.05) is 47.5 Å². The molecule has 1 unspecified atom stereocenters. The van der Waals surface area contributed by atoms with Gasteiger partial charge in [-0.15, -0.1) is 22.7 Å². The molecule has 49 heavy (non-hydrogen) atoms. The molecule has 2 aliphatic rings. The molecular formula is C34H24Cl2N4O5S4. The summed E-state index contributed by atoms with van der Waals surface area (Å²) in [5, 5.41) is 12.5. The number of aliphatic hydroxyl groups is 1. The van der Waals surface area contributed by atoms with E-state index in [-0.39, 0.29) is 10.8 Å². The van der Waals surface area contributed by atoms with Crippen molar-refractivity contribution >= 4 is 71.5 Å². The van der Waals surface area contributed by atoms with Crippen LogP contribution in [0.15, 0.2) is 124 Å². The van der Waals surface area contributed by atoms with Gasteiger partial charge in [-0.25, -0.2) is 21.6 Å². The number of nitrogens with one attached hydrogen (secondary N) is 2. The van der Waals surface area contributed by atoms with Gasteiger partial charge in [0, 0.05) is 74.0 Å². The average Bonchev–Trinajstić information content (AvgIpc) is 3.78. The van der Waals surface area contributed by atoms with Gasteiger partial charge in [-0.3, -0.25) is 14.7 Å². The molecule has 8 rings (SSSR count). The lowest BCUT2D eigenvalue weighted by Gasteiger charge is -2.33. The zero-order valence-electron chi connectivity index (χ0n) is 25.0. The van der Waals surface area contributed by atoms with Crippen LogP contribution in [-0.4, -0.2) is 38.5 Å². The van der Waals surface area contributed by atoms with Crippen molar-refractivity contribution in [1.29, 1.82) is 0 Å². The molecule has 0 saturated carbocycles. The highest BCUT2D eigenvalue weighted by Crippen LogP contribution is 2.45. The van der Waals surface area contributed by atoms with E-state index < -0.39 is 25.6 Å². The summed E-state index contributed by atoms with van der Waals surface area (Å²) in [4.78, 5) is 9.62. The molecule has 2 aliphatic heterocycles. The molecule has 1 atom stereocenters. The van der Waals surface area contributed by atoms with E-state index in [1.807, 2.05) is 30.3 Å². The minimum Gasteiger partial charge on any atom is -0.379 e. The van der Waals surface area contributed by atoms with E-state index in [0.717, 1.165) is 43.4 Å². The van der Waals surface area contributed by atoms with Crippen LogP contribution in [0.3, 0.4) is 0 Å². The standard InChI is InChI=1S/C17H13ClN2O3S2.C17H11ClN2O2S2/c18-13-3-1-12(2-4-13)17(21)10-20-25(22,23)16-14(17)9-15(24-16)11-5-7-19-8-6-11;18-13-3-1-11(2-4-13)15-10-20-24(21,22)17-14(15)9-16(23-17)12-5-7-19-8-6-12/h1-9,20-21H,10H2;1-10,20H. The number of fused-ring (bicyclic) bond motifs is 2. The Labute approximate surface area is 300 Å². The van der Waals surface area contributed by atoms with Gasteiger partial charge in [0.1, 0.15) is 14.0 Å². The molecule has 0 radical (unpaired) electrons. The second-order valence-corrected chi connectivity index (χ2v) is 17.8. The minimum atomic E-state index is -3.65. The van der Waals surface area contributed by atoms with Crippen molar-refractivity contribution < 1.29 is 21.9 Å². The normalized spacial score (nSPS) is 18.6. The molecule has 6 aromatic rings. The molecule has 0 saturated heterocycles. The van der Waals surface area contributed by atoms with Crippen molar-refractivity contribution in [1.82, 2.24) is 19.4 Å². The lowest BCUT2D eigenvalue weighted by atomic mass is 9.87. The molecule has 6 heterocycles. The lowest BCUT2D eigenvalue weighted by molar-refractivity contribution is 0.0809. The van der Waals surface area contributed by atoms with Gasteiger partial charge in [0.25, 0.3) is 20.0 Å². The van der Waals surface area contributed by atoms with E-state index >= 15 is 0 Å². The van der Waals surface area contributed by atoms with E-state index in [1.54, 1.807) is 79.4 Å². The van der Waals surface area contributed by atoms with Crippen LogP contribution < -0.4 is 9.44 Å². The van der Waals surface area contributed by atoms with Crippen molar-refractivity contribution in [3.05, 3.63) is 148 Å². The molecule has 0 aliphatic carbocycles. The lowest BCUT2D eigenvalue weighted by Crippen LogP contribution is -2.46. The summed E-state index contributed by atoms with van der Waals surface area (Å²) in [5.41, 5.74) is 3.73. The van der Waals surface area contributed by atoms with Crippen LogP contribution in [0.4, 0.5) is 0 Å². The van der Waals surface area contributed by atoms with E-state index in [9.17, 15) is 21.9 Å². The molecule has 9 nitrogen and oxygen atoms in total. The number of benzene rings is 2. The van der Waals surface area contributed by atoms with Gasteiger partial charge in [-0.05, 0) is 82.9 Å². The third-order valence-corrected chi connectivity index (χ3v) is 14.5. The third kappa shape index (κ3) is 6.56. The Hall–Kier alpha value is -3.92. The fourth-order valence-corrected chi connectivity index (χ4v) is 11.2. The number of hydrogen-bond donors (Lipinski definition) is 3. The van der Waals surface area contributed by atoms with Gasteiger partial charge in [0.2, 0.25) is 0 Å². The smallest absolute Gasteiger partial charge is 0.271 e. The molecule has 3 N–H and O–H groups in total. The Balaban J connectivity index is 0.000000154. The van der Waals surface area contributed by atoms with Crippen LogP contribution in [0, 0.1) is 0 Å². The maximum Gasteiger partial charge on any atom is 0.271 e. The molecule has 248 valence electrons. The molecule has 0 fully saturated rings.